The van der Waals surface area contributed by atoms with E-state index in [2.05, 4.69) is 5.32 Å². The number of sulfonamides is 1. The summed E-state index contributed by atoms with van der Waals surface area (Å²) < 4.78 is 44.4. The minimum atomic E-state index is -3.87. The van der Waals surface area contributed by atoms with Crippen LogP contribution in [0, 0.1) is 5.82 Å². The van der Waals surface area contributed by atoms with Gasteiger partial charge >= 0.3 is 0 Å². The van der Waals surface area contributed by atoms with E-state index in [0.717, 1.165) is 28.3 Å². The molecule has 0 fully saturated rings. The van der Waals surface area contributed by atoms with Crippen molar-refractivity contribution in [3.63, 3.8) is 0 Å². The standard InChI is InChI=1S/C24H32FN3O5S/c1-17(23(30)26-24(2,3)4)27(15-18-7-13-21(33-5)14-8-18)22(29)16-28(34(6,31)32)20-11-9-19(25)10-12-20/h7-14,17H,15-16H2,1-6H3,(H,26,30)/t17-/m1/s1. The van der Waals surface area contributed by atoms with Gasteiger partial charge in [0.05, 0.1) is 19.1 Å². The number of anilines is 1. The van der Waals surface area contributed by atoms with Crippen LogP contribution in [-0.4, -0.2) is 56.6 Å². The van der Waals surface area contributed by atoms with Crippen molar-refractivity contribution in [3.8, 4) is 5.75 Å². The number of carbonyl (C=O) groups is 2. The van der Waals surface area contributed by atoms with Gasteiger partial charge in [0.25, 0.3) is 0 Å². The number of halogens is 1. The number of hydrogen-bond acceptors (Lipinski definition) is 5. The van der Waals surface area contributed by atoms with Crippen LogP contribution in [0.25, 0.3) is 0 Å². The van der Waals surface area contributed by atoms with Gasteiger partial charge in [-0.05, 0) is 69.7 Å². The van der Waals surface area contributed by atoms with Gasteiger partial charge in [-0.15, -0.1) is 0 Å². The molecule has 2 aromatic rings. The molecule has 0 saturated heterocycles. The first-order valence-electron chi connectivity index (χ1n) is 10.7. The van der Waals surface area contributed by atoms with Crippen molar-refractivity contribution in [2.45, 2.75) is 45.8 Å². The highest BCUT2D eigenvalue weighted by Crippen LogP contribution is 2.20. The minimum Gasteiger partial charge on any atom is -0.497 e. The van der Waals surface area contributed by atoms with Crippen LogP contribution in [0.15, 0.2) is 48.5 Å². The molecular formula is C24H32FN3O5S. The predicted molar refractivity (Wildman–Crippen MR) is 129 cm³/mol. The van der Waals surface area contributed by atoms with Gasteiger partial charge in [0.2, 0.25) is 21.8 Å². The molecule has 186 valence electrons. The molecule has 0 unspecified atom stereocenters. The van der Waals surface area contributed by atoms with Gasteiger partial charge < -0.3 is 15.0 Å². The lowest BCUT2D eigenvalue weighted by Gasteiger charge is -2.33. The maximum atomic E-state index is 13.4. The van der Waals surface area contributed by atoms with Crippen molar-refractivity contribution in [1.29, 1.82) is 0 Å². The summed E-state index contributed by atoms with van der Waals surface area (Å²) in [6.45, 7) is 6.59. The zero-order valence-electron chi connectivity index (χ0n) is 20.3. The number of carbonyl (C=O) groups excluding carboxylic acids is 2. The highest BCUT2D eigenvalue weighted by Gasteiger charge is 2.31. The van der Waals surface area contributed by atoms with Gasteiger partial charge in [-0.1, -0.05) is 12.1 Å². The Hall–Kier alpha value is -3.14. The van der Waals surface area contributed by atoms with Crippen molar-refractivity contribution in [2.75, 3.05) is 24.2 Å². The first-order chi connectivity index (χ1) is 15.7. The zero-order chi connectivity index (χ0) is 25.7. The molecule has 8 nitrogen and oxygen atoms in total. The number of amides is 2. The van der Waals surface area contributed by atoms with Crippen molar-refractivity contribution in [2.24, 2.45) is 0 Å². The third kappa shape index (κ3) is 7.72. The first kappa shape index (κ1) is 27.1. The smallest absolute Gasteiger partial charge is 0.244 e. The maximum absolute atomic E-state index is 13.4. The van der Waals surface area contributed by atoms with Gasteiger partial charge in [-0.2, -0.15) is 0 Å². The molecular weight excluding hydrogens is 461 g/mol. The second-order valence-electron chi connectivity index (χ2n) is 9.03. The molecule has 0 bridgehead atoms. The summed E-state index contributed by atoms with van der Waals surface area (Å²) in [5.41, 5.74) is 0.360. The molecule has 1 atom stereocenters. The molecule has 0 aromatic heterocycles. The molecule has 0 radical (unpaired) electrons. The molecule has 1 N–H and O–H groups in total. The molecule has 2 amide bonds. The molecule has 0 aliphatic carbocycles. The largest absolute Gasteiger partial charge is 0.497 e. The number of nitrogens with zero attached hydrogens (tertiary/aromatic N) is 2. The SMILES string of the molecule is COc1ccc(CN(C(=O)CN(c2ccc(F)cc2)S(C)(=O)=O)[C@H](C)C(=O)NC(C)(C)C)cc1. The average Bonchev–Trinajstić information content (AvgIpc) is 2.74. The Morgan fingerprint density at radius 3 is 2.09 bits per heavy atom. The van der Waals surface area contributed by atoms with E-state index < -0.39 is 39.9 Å². The predicted octanol–water partition coefficient (Wildman–Crippen LogP) is 2.93. The molecule has 2 rings (SSSR count). The Bertz CT molecular complexity index is 1100. The zero-order valence-corrected chi connectivity index (χ0v) is 21.1. The normalized spacial score (nSPS) is 12.6. The van der Waals surface area contributed by atoms with Crippen LogP contribution in [0.3, 0.4) is 0 Å². The highest BCUT2D eigenvalue weighted by atomic mass is 32.2. The fraction of sp³-hybridized carbons (Fsp3) is 0.417. The Morgan fingerprint density at radius 2 is 1.62 bits per heavy atom. The monoisotopic (exact) mass is 493 g/mol. The van der Waals surface area contributed by atoms with E-state index in [1.807, 2.05) is 20.8 Å². The summed E-state index contributed by atoms with van der Waals surface area (Å²) >= 11 is 0. The molecule has 0 aliphatic heterocycles. The molecule has 0 saturated carbocycles. The van der Waals surface area contributed by atoms with Crippen LogP contribution in [0.4, 0.5) is 10.1 Å². The van der Waals surface area contributed by atoms with E-state index in [-0.39, 0.29) is 18.1 Å². The topological polar surface area (TPSA) is 96.0 Å². The van der Waals surface area contributed by atoms with Crippen LogP contribution in [0.5, 0.6) is 5.75 Å². The lowest BCUT2D eigenvalue weighted by Crippen LogP contribution is -2.54. The molecule has 0 heterocycles. The van der Waals surface area contributed by atoms with E-state index in [1.54, 1.807) is 38.3 Å². The quantitative estimate of drug-likeness (QED) is 0.580. The van der Waals surface area contributed by atoms with Gasteiger partial charge in [0.1, 0.15) is 24.2 Å². The highest BCUT2D eigenvalue weighted by molar-refractivity contribution is 7.92. The third-order valence-electron chi connectivity index (χ3n) is 4.97. The molecule has 2 aromatic carbocycles. The lowest BCUT2D eigenvalue weighted by molar-refractivity contribution is -0.140. The van der Waals surface area contributed by atoms with Crippen LogP contribution in [0.2, 0.25) is 0 Å². The van der Waals surface area contributed by atoms with Crippen molar-refractivity contribution in [1.82, 2.24) is 10.2 Å². The second-order valence-corrected chi connectivity index (χ2v) is 10.9. The van der Waals surface area contributed by atoms with E-state index >= 15 is 0 Å². The summed E-state index contributed by atoms with van der Waals surface area (Å²) in [5.74, 6) is -0.846. The summed E-state index contributed by atoms with van der Waals surface area (Å²) in [4.78, 5) is 27.6. The number of methoxy groups -OCH3 is 1. The first-order valence-corrected chi connectivity index (χ1v) is 12.5. The number of ether oxygens (including phenoxy) is 1. The van der Waals surface area contributed by atoms with E-state index in [1.165, 1.54) is 17.0 Å². The number of benzene rings is 2. The average molecular weight is 494 g/mol. The summed E-state index contributed by atoms with van der Waals surface area (Å²) in [5, 5.41) is 2.85. The van der Waals surface area contributed by atoms with Gasteiger partial charge in [0, 0.05) is 12.1 Å². The van der Waals surface area contributed by atoms with E-state index in [4.69, 9.17) is 4.74 Å². The van der Waals surface area contributed by atoms with E-state index in [0.29, 0.717) is 5.75 Å². The van der Waals surface area contributed by atoms with Gasteiger partial charge in [-0.3, -0.25) is 13.9 Å². The fourth-order valence-electron chi connectivity index (χ4n) is 3.21. The van der Waals surface area contributed by atoms with Crippen LogP contribution >= 0.6 is 0 Å². The van der Waals surface area contributed by atoms with Gasteiger partial charge in [-0.25, -0.2) is 12.8 Å². The fourth-order valence-corrected chi connectivity index (χ4v) is 4.05. The number of nitrogens with one attached hydrogen (secondary N) is 1. The molecule has 10 heteroatoms. The van der Waals surface area contributed by atoms with Crippen molar-refractivity contribution in [3.05, 3.63) is 59.9 Å². The molecule has 34 heavy (non-hydrogen) atoms. The van der Waals surface area contributed by atoms with Crippen molar-refractivity contribution >= 4 is 27.5 Å². The molecule has 0 aliphatic rings. The summed E-state index contributed by atoms with van der Waals surface area (Å²) in [7, 11) is -2.33. The molecule has 0 spiro atoms. The minimum absolute atomic E-state index is 0.0720. The van der Waals surface area contributed by atoms with Crippen LogP contribution in [-0.2, 0) is 26.2 Å². The number of rotatable bonds is 9. The van der Waals surface area contributed by atoms with Crippen LogP contribution < -0.4 is 14.4 Å². The van der Waals surface area contributed by atoms with Crippen LogP contribution in [0.1, 0.15) is 33.3 Å². The summed E-state index contributed by atoms with van der Waals surface area (Å²) in [6, 6.07) is 10.9. The third-order valence-corrected chi connectivity index (χ3v) is 6.11. The Kier molecular flexibility index (Phi) is 8.66. The summed E-state index contributed by atoms with van der Waals surface area (Å²) in [6.07, 6.45) is 0.965. The van der Waals surface area contributed by atoms with E-state index in [9.17, 15) is 22.4 Å². The second kappa shape index (κ2) is 10.9. The lowest BCUT2D eigenvalue weighted by atomic mass is 10.1. The Balaban J connectivity index is 2.38. The van der Waals surface area contributed by atoms with Crippen molar-refractivity contribution < 1.29 is 27.1 Å². The number of hydrogen-bond donors (Lipinski definition) is 1. The maximum Gasteiger partial charge on any atom is 0.244 e. The Morgan fingerprint density at radius 1 is 1.06 bits per heavy atom. The Labute approximate surface area is 200 Å². The van der Waals surface area contributed by atoms with Gasteiger partial charge in [0.15, 0.2) is 0 Å².